The number of nitro benzene ring substituents is 1. The van der Waals surface area contributed by atoms with Gasteiger partial charge in [-0.1, -0.05) is 13.0 Å². The van der Waals surface area contributed by atoms with E-state index in [0.717, 1.165) is 19.5 Å². The van der Waals surface area contributed by atoms with E-state index in [9.17, 15) is 14.9 Å². The standard InChI is InChI=1S/C14H20N4O3.ClH/c1-9-7-17(5-4-12(9)15)8-11-3-2-10(14(16)19)6-13(11)18(20)21;/h2-3,6,9,12H,4-5,7-8,15H2,1H3,(H2,16,19);1H. The van der Waals surface area contributed by atoms with Gasteiger partial charge in [0.05, 0.1) is 4.92 Å². The molecule has 2 unspecified atom stereocenters. The second kappa shape index (κ2) is 7.53. The Morgan fingerprint density at radius 1 is 1.50 bits per heavy atom. The number of likely N-dealkylation sites (tertiary alicyclic amines) is 1. The minimum Gasteiger partial charge on any atom is -0.366 e. The molecule has 0 aromatic heterocycles. The van der Waals surface area contributed by atoms with Gasteiger partial charge in [-0.2, -0.15) is 0 Å². The van der Waals surface area contributed by atoms with Crippen LogP contribution in [0.5, 0.6) is 0 Å². The van der Waals surface area contributed by atoms with Crippen LogP contribution in [0.4, 0.5) is 5.69 Å². The summed E-state index contributed by atoms with van der Waals surface area (Å²) < 4.78 is 0. The molecule has 2 atom stereocenters. The quantitative estimate of drug-likeness (QED) is 0.638. The molecular weight excluding hydrogens is 308 g/mol. The Balaban J connectivity index is 0.00000242. The average molecular weight is 329 g/mol. The summed E-state index contributed by atoms with van der Waals surface area (Å²) in [5.74, 6) is -0.301. The van der Waals surface area contributed by atoms with Crippen LogP contribution in [0.2, 0.25) is 0 Å². The van der Waals surface area contributed by atoms with Crippen molar-refractivity contribution in [2.75, 3.05) is 13.1 Å². The van der Waals surface area contributed by atoms with E-state index < -0.39 is 10.8 Å². The molecule has 1 heterocycles. The van der Waals surface area contributed by atoms with Crippen LogP contribution in [-0.4, -0.2) is 34.9 Å². The van der Waals surface area contributed by atoms with Gasteiger partial charge >= 0.3 is 0 Å². The molecule has 22 heavy (non-hydrogen) atoms. The van der Waals surface area contributed by atoms with E-state index >= 15 is 0 Å². The lowest BCUT2D eigenvalue weighted by atomic mass is 9.94. The number of hydrogen-bond donors (Lipinski definition) is 2. The van der Waals surface area contributed by atoms with Crippen LogP contribution < -0.4 is 11.5 Å². The SMILES string of the molecule is CC1CN(Cc2ccc(C(N)=O)cc2[N+](=O)[O-])CCC1N.Cl. The Labute approximate surface area is 135 Å². The molecule has 0 saturated carbocycles. The van der Waals surface area contributed by atoms with Gasteiger partial charge in [0.15, 0.2) is 0 Å². The zero-order chi connectivity index (χ0) is 15.6. The summed E-state index contributed by atoms with van der Waals surface area (Å²) in [6.07, 6.45) is 0.883. The Hall–Kier alpha value is -1.70. The van der Waals surface area contributed by atoms with Crippen molar-refractivity contribution in [3.63, 3.8) is 0 Å². The van der Waals surface area contributed by atoms with Crippen LogP contribution >= 0.6 is 12.4 Å². The van der Waals surface area contributed by atoms with E-state index in [1.165, 1.54) is 12.1 Å². The van der Waals surface area contributed by atoms with Gasteiger partial charge < -0.3 is 11.5 Å². The molecule has 8 heteroatoms. The number of amides is 1. The second-order valence-corrected chi connectivity index (χ2v) is 5.63. The van der Waals surface area contributed by atoms with E-state index in [1.54, 1.807) is 6.07 Å². The van der Waals surface area contributed by atoms with E-state index in [0.29, 0.717) is 18.0 Å². The number of halogens is 1. The summed E-state index contributed by atoms with van der Waals surface area (Å²) in [7, 11) is 0. The van der Waals surface area contributed by atoms with Crippen LogP contribution in [0.15, 0.2) is 18.2 Å². The molecule has 0 bridgehead atoms. The van der Waals surface area contributed by atoms with Crippen molar-refractivity contribution in [1.82, 2.24) is 4.90 Å². The number of nitrogens with two attached hydrogens (primary N) is 2. The highest BCUT2D eigenvalue weighted by molar-refractivity contribution is 5.93. The number of piperidine rings is 1. The molecule has 1 aromatic carbocycles. The lowest BCUT2D eigenvalue weighted by Crippen LogP contribution is -2.45. The normalized spacial score (nSPS) is 21.9. The Bertz CT molecular complexity index is 567. The number of carbonyl (C=O) groups excluding carboxylic acids is 1. The third kappa shape index (κ3) is 4.16. The van der Waals surface area contributed by atoms with E-state index in [4.69, 9.17) is 11.5 Å². The maximum absolute atomic E-state index is 11.2. The van der Waals surface area contributed by atoms with E-state index in [1.807, 2.05) is 0 Å². The number of hydrogen-bond acceptors (Lipinski definition) is 5. The van der Waals surface area contributed by atoms with Gasteiger partial charge in [0.1, 0.15) is 0 Å². The fraction of sp³-hybridized carbons (Fsp3) is 0.500. The monoisotopic (exact) mass is 328 g/mol. The van der Waals surface area contributed by atoms with Gasteiger partial charge in [0, 0.05) is 36.3 Å². The zero-order valence-corrected chi connectivity index (χ0v) is 13.2. The largest absolute Gasteiger partial charge is 0.366 e. The van der Waals surface area contributed by atoms with Crippen molar-refractivity contribution in [3.8, 4) is 0 Å². The maximum Gasteiger partial charge on any atom is 0.274 e. The fourth-order valence-electron chi connectivity index (χ4n) is 2.66. The number of primary amides is 1. The second-order valence-electron chi connectivity index (χ2n) is 5.63. The van der Waals surface area contributed by atoms with E-state index in [-0.39, 0.29) is 29.7 Å². The molecule has 0 radical (unpaired) electrons. The molecule has 1 saturated heterocycles. The summed E-state index contributed by atoms with van der Waals surface area (Å²) in [5.41, 5.74) is 11.8. The predicted molar refractivity (Wildman–Crippen MR) is 85.9 cm³/mol. The van der Waals surface area contributed by atoms with E-state index in [2.05, 4.69) is 11.8 Å². The first-order valence-corrected chi connectivity index (χ1v) is 6.93. The number of carbonyl (C=O) groups is 1. The molecule has 1 fully saturated rings. The Kier molecular flexibility index (Phi) is 6.28. The molecule has 2 rings (SSSR count). The number of nitrogens with zero attached hydrogens (tertiary/aromatic N) is 2. The first-order valence-electron chi connectivity index (χ1n) is 6.93. The van der Waals surface area contributed by atoms with Gasteiger partial charge in [-0.05, 0) is 24.9 Å². The van der Waals surface area contributed by atoms with Crippen LogP contribution in [-0.2, 0) is 6.54 Å². The molecular formula is C14H21ClN4O3. The topological polar surface area (TPSA) is 115 Å². The van der Waals surface area contributed by atoms with Crippen LogP contribution in [0.1, 0.15) is 29.3 Å². The maximum atomic E-state index is 11.2. The summed E-state index contributed by atoms with van der Waals surface area (Å²) in [6.45, 7) is 4.20. The predicted octanol–water partition coefficient (Wildman–Crippen LogP) is 1.28. The van der Waals surface area contributed by atoms with Gasteiger partial charge in [0.2, 0.25) is 5.91 Å². The van der Waals surface area contributed by atoms with Crippen LogP contribution in [0, 0.1) is 16.0 Å². The van der Waals surface area contributed by atoms with Crippen molar-refractivity contribution in [1.29, 1.82) is 0 Å². The van der Waals surface area contributed by atoms with Gasteiger partial charge in [0.25, 0.3) is 5.69 Å². The Morgan fingerprint density at radius 3 is 2.73 bits per heavy atom. The molecule has 7 nitrogen and oxygen atoms in total. The summed E-state index contributed by atoms with van der Waals surface area (Å²) in [4.78, 5) is 24.0. The lowest BCUT2D eigenvalue weighted by Gasteiger charge is -2.34. The highest BCUT2D eigenvalue weighted by Gasteiger charge is 2.25. The molecule has 122 valence electrons. The molecule has 0 spiro atoms. The third-order valence-corrected chi connectivity index (χ3v) is 4.02. The smallest absolute Gasteiger partial charge is 0.274 e. The highest BCUT2D eigenvalue weighted by atomic mass is 35.5. The minimum absolute atomic E-state index is 0. The van der Waals surface area contributed by atoms with Gasteiger partial charge in [-0.25, -0.2) is 0 Å². The minimum atomic E-state index is -0.665. The molecule has 1 amide bonds. The number of benzene rings is 1. The number of nitro groups is 1. The number of rotatable bonds is 4. The van der Waals surface area contributed by atoms with Crippen molar-refractivity contribution in [3.05, 3.63) is 39.4 Å². The van der Waals surface area contributed by atoms with Crippen LogP contribution in [0.3, 0.4) is 0 Å². The zero-order valence-electron chi connectivity index (χ0n) is 12.4. The third-order valence-electron chi connectivity index (χ3n) is 4.02. The first-order chi connectivity index (χ1) is 9.88. The average Bonchev–Trinajstić information content (AvgIpc) is 2.43. The Morgan fingerprint density at radius 2 is 2.18 bits per heavy atom. The van der Waals surface area contributed by atoms with Gasteiger partial charge in [-0.3, -0.25) is 19.8 Å². The first kappa shape index (κ1) is 18.3. The van der Waals surface area contributed by atoms with Crippen molar-refractivity contribution in [2.45, 2.75) is 25.9 Å². The summed E-state index contributed by atoms with van der Waals surface area (Å²) >= 11 is 0. The molecule has 0 aliphatic carbocycles. The molecule has 1 aliphatic heterocycles. The van der Waals surface area contributed by atoms with Crippen molar-refractivity contribution in [2.24, 2.45) is 17.4 Å². The van der Waals surface area contributed by atoms with Crippen molar-refractivity contribution >= 4 is 24.0 Å². The molecule has 4 N–H and O–H groups in total. The fourth-order valence-corrected chi connectivity index (χ4v) is 2.66. The molecule has 1 aromatic rings. The van der Waals surface area contributed by atoms with Crippen molar-refractivity contribution < 1.29 is 9.72 Å². The van der Waals surface area contributed by atoms with Gasteiger partial charge in [-0.15, -0.1) is 12.4 Å². The molecule has 1 aliphatic rings. The lowest BCUT2D eigenvalue weighted by molar-refractivity contribution is -0.385. The summed E-state index contributed by atoms with van der Waals surface area (Å²) in [6, 6.07) is 4.58. The van der Waals surface area contributed by atoms with Crippen LogP contribution in [0.25, 0.3) is 0 Å². The summed E-state index contributed by atoms with van der Waals surface area (Å²) in [5, 5.41) is 11.2. The highest BCUT2D eigenvalue weighted by Crippen LogP contribution is 2.24.